The summed E-state index contributed by atoms with van der Waals surface area (Å²) in [5.41, 5.74) is 5.91. The number of hydrogen-bond donors (Lipinski definition) is 1. The first kappa shape index (κ1) is 11.3. The summed E-state index contributed by atoms with van der Waals surface area (Å²) in [6.45, 7) is -0.0335. The van der Waals surface area contributed by atoms with Gasteiger partial charge in [-0.1, -0.05) is 0 Å². The van der Waals surface area contributed by atoms with Crippen molar-refractivity contribution in [3.63, 3.8) is 0 Å². The number of rotatable bonds is 4. The van der Waals surface area contributed by atoms with Gasteiger partial charge in [0.25, 0.3) is 10.1 Å². The lowest BCUT2D eigenvalue weighted by molar-refractivity contribution is 0.340. The van der Waals surface area contributed by atoms with Gasteiger partial charge in [0, 0.05) is 11.6 Å². The third-order valence-corrected chi connectivity index (χ3v) is 2.97. The van der Waals surface area contributed by atoms with E-state index < -0.39 is 10.1 Å². The van der Waals surface area contributed by atoms with E-state index in [0.717, 1.165) is 0 Å². The summed E-state index contributed by atoms with van der Waals surface area (Å²) in [6, 6.07) is 5.77. The molecule has 0 heterocycles. The summed E-state index contributed by atoms with van der Waals surface area (Å²) in [5.74, 6) is 0.133. The Kier molecular flexibility index (Phi) is 3.74. The zero-order valence-corrected chi connectivity index (χ0v) is 8.88. The normalized spacial score (nSPS) is 11.5. The van der Waals surface area contributed by atoms with Gasteiger partial charge in [0.1, 0.15) is 0 Å². The summed E-state index contributed by atoms with van der Waals surface area (Å²) in [5, 5.41) is 0. The predicted molar refractivity (Wildman–Crippen MR) is 54.7 cm³/mol. The van der Waals surface area contributed by atoms with Gasteiger partial charge in [-0.2, -0.15) is 8.42 Å². The molecule has 0 aromatic heterocycles. The molecule has 2 N–H and O–H groups in total. The summed E-state index contributed by atoms with van der Waals surface area (Å²) < 4.78 is 27.4. The fourth-order valence-corrected chi connectivity index (χ4v) is 1.92. The molecule has 14 heavy (non-hydrogen) atoms. The Morgan fingerprint density at radius 1 is 1.29 bits per heavy atom. The first-order chi connectivity index (χ1) is 6.56. The fourth-order valence-electron chi connectivity index (χ4n) is 0.844. The second kappa shape index (κ2) is 4.63. The molecular weight excluding hydrogens is 226 g/mol. The van der Waals surface area contributed by atoms with E-state index in [2.05, 4.69) is 4.18 Å². The van der Waals surface area contributed by atoms with Gasteiger partial charge >= 0.3 is 0 Å². The summed E-state index contributed by atoms with van der Waals surface area (Å²) in [6.07, 6.45) is 0. The Morgan fingerprint density at radius 2 is 1.86 bits per heavy atom. The molecule has 1 rings (SSSR count). The highest BCUT2D eigenvalue weighted by atomic mass is 35.5. The van der Waals surface area contributed by atoms with E-state index in [0.29, 0.717) is 5.69 Å². The van der Waals surface area contributed by atoms with Crippen LogP contribution in [0.2, 0.25) is 0 Å². The van der Waals surface area contributed by atoms with E-state index >= 15 is 0 Å². The van der Waals surface area contributed by atoms with Crippen LogP contribution >= 0.6 is 11.6 Å². The van der Waals surface area contributed by atoms with Crippen LogP contribution in [0.5, 0.6) is 0 Å². The number of nitrogen functional groups attached to an aromatic ring is 1. The Morgan fingerprint density at radius 3 is 2.36 bits per heavy atom. The van der Waals surface area contributed by atoms with Crippen LogP contribution in [-0.2, 0) is 14.3 Å². The standard InChI is InChI=1S/C8H10ClNO3S/c9-5-6-13-14(11,12)8-3-1-7(10)2-4-8/h1-4H,5-6,10H2. The zero-order valence-electron chi connectivity index (χ0n) is 7.31. The van der Waals surface area contributed by atoms with Gasteiger partial charge in [0.05, 0.1) is 11.5 Å². The van der Waals surface area contributed by atoms with Crippen molar-refractivity contribution < 1.29 is 12.6 Å². The molecule has 1 aromatic rings. The third kappa shape index (κ3) is 2.87. The molecule has 6 heteroatoms. The van der Waals surface area contributed by atoms with E-state index in [-0.39, 0.29) is 17.4 Å². The van der Waals surface area contributed by atoms with E-state index in [1.807, 2.05) is 0 Å². The maximum atomic E-state index is 11.4. The number of hydrogen-bond acceptors (Lipinski definition) is 4. The van der Waals surface area contributed by atoms with Gasteiger partial charge in [-0.05, 0) is 24.3 Å². The largest absolute Gasteiger partial charge is 0.399 e. The molecule has 78 valence electrons. The smallest absolute Gasteiger partial charge is 0.297 e. The average Bonchev–Trinajstić information content (AvgIpc) is 2.16. The maximum absolute atomic E-state index is 11.4. The number of benzene rings is 1. The Hall–Kier alpha value is -0.780. The van der Waals surface area contributed by atoms with Crippen LogP contribution in [0.15, 0.2) is 29.2 Å². The van der Waals surface area contributed by atoms with Crippen molar-refractivity contribution >= 4 is 27.4 Å². The molecule has 0 fully saturated rings. The van der Waals surface area contributed by atoms with Crippen LogP contribution in [0.25, 0.3) is 0 Å². The predicted octanol–water partition coefficient (Wildman–Crippen LogP) is 1.21. The molecule has 0 aliphatic carbocycles. The molecular formula is C8H10ClNO3S. The summed E-state index contributed by atoms with van der Waals surface area (Å²) in [7, 11) is -3.68. The number of alkyl halides is 1. The molecule has 4 nitrogen and oxygen atoms in total. The molecule has 0 saturated heterocycles. The molecule has 0 bridgehead atoms. The second-order valence-electron chi connectivity index (χ2n) is 2.53. The fraction of sp³-hybridized carbons (Fsp3) is 0.250. The second-order valence-corrected chi connectivity index (χ2v) is 4.53. The van der Waals surface area contributed by atoms with Crippen molar-refractivity contribution in [3.8, 4) is 0 Å². The lowest BCUT2D eigenvalue weighted by Gasteiger charge is -2.03. The number of nitrogens with two attached hydrogens (primary N) is 1. The zero-order chi connectivity index (χ0) is 10.6. The van der Waals surface area contributed by atoms with E-state index in [4.69, 9.17) is 17.3 Å². The number of halogens is 1. The van der Waals surface area contributed by atoms with Gasteiger partial charge in [0.2, 0.25) is 0 Å². The van der Waals surface area contributed by atoms with Gasteiger partial charge in [0.15, 0.2) is 0 Å². The Labute approximate surface area is 87.8 Å². The van der Waals surface area contributed by atoms with Crippen LogP contribution in [0, 0.1) is 0 Å². The molecule has 0 unspecified atom stereocenters. The van der Waals surface area contributed by atoms with Crippen LogP contribution < -0.4 is 5.73 Å². The van der Waals surface area contributed by atoms with Crippen LogP contribution in [0.3, 0.4) is 0 Å². The highest BCUT2D eigenvalue weighted by Crippen LogP contribution is 2.14. The molecule has 0 aliphatic rings. The third-order valence-electron chi connectivity index (χ3n) is 1.48. The molecule has 0 amide bonds. The quantitative estimate of drug-likeness (QED) is 0.484. The van der Waals surface area contributed by atoms with Gasteiger partial charge in [-0.3, -0.25) is 4.18 Å². The van der Waals surface area contributed by atoms with Crippen molar-refractivity contribution in [2.45, 2.75) is 4.90 Å². The minimum atomic E-state index is -3.68. The van der Waals surface area contributed by atoms with Crippen molar-refractivity contribution in [1.82, 2.24) is 0 Å². The lowest BCUT2D eigenvalue weighted by atomic mass is 10.3. The summed E-state index contributed by atoms with van der Waals surface area (Å²) in [4.78, 5) is 0.0804. The monoisotopic (exact) mass is 235 g/mol. The molecule has 0 saturated carbocycles. The topological polar surface area (TPSA) is 69.4 Å². The minimum Gasteiger partial charge on any atom is -0.399 e. The molecule has 0 atom stereocenters. The first-order valence-electron chi connectivity index (χ1n) is 3.87. The highest BCUT2D eigenvalue weighted by molar-refractivity contribution is 7.86. The van der Waals surface area contributed by atoms with Crippen molar-refractivity contribution in [2.24, 2.45) is 0 Å². The Bertz CT molecular complexity index is 388. The van der Waals surface area contributed by atoms with Gasteiger partial charge in [-0.15, -0.1) is 11.6 Å². The van der Waals surface area contributed by atoms with E-state index in [9.17, 15) is 8.42 Å². The first-order valence-corrected chi connectivity index (χ1v) is 5.81. The Balaban J connectivity index is 2.87. The molecule has 0 aliphatic heterocycles. The maximum Gasteiger partial charge on any atom is 0.297 e. The minimum absolute atomic E-state index is 0.0335. The van der Waals surface area contributed by atoms with E-state index in [1.165, 1.54) is 24.3 Å². The molecule has 0 spiro atoms. The van der Waals surface area contributed by atoms with Crippen molar-refractivity contribution in [1.29, 1.82) is 0 Å². The van der Waals surface area contributed by atoms with E-state index in [1.54, 1.807) is 0 Å². The molecule has 0 radical (unpaired) electrons. The van der Waals surface area contributed by atoms with Crippen LogP contribution in [0.4, 0.5) is 5.69 Å². The van der Waals surface area contributed by atoms with Crippen molar-refractivity contribution in [3.05, 3.63) is 24.3 Å². The van der Waals surface area contributed by atoms with Crippen molar-refractivity contribution in [2.75, 3.05) is 18.2 Å². The SMILES string of the molecule is Nc1ccc(S(=O)(=O)OCCCl)cc1. The van der Waals surface area contributed by atoms with Crippen LogP contribution in [-0.4, -0.2) is 20.9 Å². The summed E-state index contributed by atoms with van der Waals surface area (Å²) >= 11 is 5.31. The molecule has 1 aromatic carbocycles. The highest BCUT2D eigenvalue weighted by Gasteiger charge is 2.13. The van der Waals surface area contributed by atoms with Gasteiger partial charge in [-0.25, -0.2) is 0 Å². The number of anilines is 1. The van der Waals surface area contributed by atoms with Crippen LogP contribution in [0.1, 0.15) is 0 Å². The lowest BCUT2D eigenvalue weighted by Crippen LogP contribution is -2.08. The van der Waals surface area contributed by atoms with Gasteiger partial charge < -0.3 is 5.73 Å². The average molecular weight is 236 g/mol.